The molecule has 1 heterocycles. The molecule has 22 heavy (non-hydrogen) atoms. The Morgan fingerprint density at radius 3 is 2.68 bits per heavy atom. The number of benzene rings is 2. The fourth-order valence-electron chi connectivity index (χ4n) is 2.00. The van der Waals surface area contributed by atoms with Gasteiger partial charge in [0.05, 0.1) is 10.0 Å². The minimum atomic E-state index is -4.42. The molecule has 0 spiro atoms. The van der Waals surface area contributed by atoms with E-state index in [-0.39, 0.29) is 5.75 Å². The molecule has 1 aromatic heterocycles. The normalized spacial score (nSPS) is 11.9. The van der Waals surface area contributed by atoms with Crippen molar-refractivity contribution in [2.24, 2.45) is 0 Å². The van der Waals surface area contributed by atoms with Crippen LogP contribution in [0.2, 0.25) is 0 Å². The van der Waals surface area contributed by atoms with Crippen molar-refractivity contribution in [3.63, 3.8) is 0 Å². The second kappa shape index (κ2) is 5.31. The number of fused-ring (bicyclic) bond motifs is 1. The molecule has 0 unspecified atom stereocenters. The summed E-state index contributed by atoms with van der Waals surface area (Å²) in [5.41, 5.74) is 0.168. The van der Waals surface area contributed by atoms with Gasteiger partial charge in [0.1, 0.15) is 5.75 Å². The molecule has 0 aliphatic rings. The molecule has 3 nitrogen and oxygen atoms in total. The van der Waals surface area contributed by atoms with Gasteiger partial charge in [-0.15, -0.1) is 0 Å². The lowest BCUT2D eigenvalue weighted by atomic mass is 10.2. The van der Waals surface area contributed by atoms with Gasteiger partial charge >= 0.3 is 6.18 Å². The summed E-state index contributed by atoms with van der Waals surface area (Å²) in [6.45, 7) is 1.68. The van der Waals surface area contributed by atoms with Gasteiger partial charge in [-0.1, -0.05) is 6.07 Å². The van der Waals surface area contributed by atoms with Crippen LogP contribution in [0.25, 0.3) is 11.1 Å². The first-order valence-corrected chi connectivity index (χ1v) is 7.04. The molecule has 0 saturated heterocycles. The first-order valence-electron chi connectivity index (χ1n) is 6.25. The molecule has 3 rings (SSSR count). The Morgan fingerprint density at radius 1 is 1.18 bits per heavy atom. The zero-order chi connectivity index (χ0) is 15.9. The molecule has 0 bridgehead atoms. The fourth-order valence-corrected chi connectivity index (χ4v) is 2.41. The van der Waals surface area contributed by atoms with Crippen LogP contribution in [0.5, 0.6) is 11.5 Å². The Balaban J connectivity index is 2.02. The fraction of sp³-hybridized carbons (Fsp3) is 0.133. The summed E-state index contributed by atoms with van der Waals surface area (Å²) in [5, 5.41) is 0. The Kier molecular flexibility index (Phi) is 3.60. The van der Waals surface area contributed by atoms with E-state index in [0.29, 0.717) is 27.2 Å². The summed E-state index contributed by atoms with van der Waals surface area (Å²) in [6.07, 6.45) is -4.42. The van der Waals surface area contributed by atoms with Crippen molar-refractivity contribution in [2.75, 3.05) is 0 Å². The summed E-state index contributed by atoms with van der Waals surface area (Å²) >= 11 is 3.33. The Labute approximate surface area is 131 Å². The third-order valence-corrected chi connectivity index (χ3v) is 3.58. The number of hydrogen-bond donors (Lipinski definition) is 0. The van der Waals surface area contributed by atoms with Crippen molar-refractivity contribution >= 4 is 27.0 Å². The number of aromatic nitrogens is 1. The van der Waals surface area contributed by atoms with Crippen molar-refractivity contribution in [3.05, 3.63) is 52.3 Å². The molecule has 0 N–H and O–H groups in total. The predicted octanol–water partition coefficient (Wildman–Crippen LogP) is 5.71. The van der Waals surface area contributed by atoms with Gasteiger partial charge in [-0.2, -0.15) is 13.2 Å². The highest BCUT2D eigenvalue weighted by atomic mass is 79.9. The predicted molar refractivity (Wildman–Crippen MR) is 78.0 cm³/mol. The molecule has 0 saturated carbocycles. The third-order valence-electron chi connectivity index (χ3n) is 2.95. The third kappa shape index (κ3) is 2.81. The van der Waals surface area contributed by atoms with Crippen LogP contribution in [-0.4, -0.2) is 4.98 Å². The van der Waals surface area contributed by atoms with Crippen LogP contribution in [-0.2, 0) is 6.18 Å². The minimum absolute atomic E-state index is 0.0825. The smallest absolute Gasteiger partial charge is 0.416 e. The molecule has 7 heteroatoms. The molecule has 0 atom stereocenters. The average Bonchev–Trinajstić information content (AvgIpc) is 2.84. The average molecular weight is 372 g/mol. The van der Waals surface area contributed by atoms with Crippen LogP contribution in [0.4, 0.5) is 13.2 Å². The molecule has 0 fully saturated rings. The van der Waals surface area contributed by atoms with Crippen LogP contribution in [0.1, 0.15) is 11.5 Å². The van der Waals surface area contributed by atoms with Gasteiger partial charge in [-0.3, -0.25) is 0 Å². The number of rotatable bonds is 2. The van der Waals surface area contributed by atoms with Gasteiger partial charge < -0.3 is 9.15 Å². The van der Waals surface area contributed by atoms with Gasteiger partial charge in [0.2, 0.25) is 0 Å². The van der Waals surface area contributed by atoms with E-state index >= 15 is 0 Å². The number of oxazole rings is 1. The summed E-state index contributed by atoms with van der Waals surface area (Å²) < 4.78 is 49.9. The Bertz CT molecular complexity index is 842. The zero-order valence-electron chi connectivity index (χ0n) is 11.2. The maximum absolute atomic E-state index is 12.7. The van der Waals surface area contributed by atoms with E-state index in [9.17, 15) is 13.2 Å². The van der Waals surface area contributed by atoms with Gasteiger partial charge in [-0.25, -0.2) is 4.98 Å². The number of ether oxygens (including phenoxy) is 1. The summed E-state index contributed by atoms with van der Waals surface area (Å²) in [7, 11) is 0. The molecule has 0 aliphatic heterocycles. The lowest BCUT2D eigenvalue weighted by Crippen LogP contribution is -2.04. The highest BCUT2D eigenvalue weighted by molar-refractivity contribution is 9.10. The van der Waals surface area contributed by atoms with E-state index in [1.807, 2.05) is 0 Å². The number of aryl methyl sites for hydroxylation is 1. The lowest BCUT2D eigenvalue weighted by molar-refractivity contribution is -0.137. The van der Waals surface area contributed by atoms with Crippen molar-refractivity contribution in [1.82, 2.24) is 4.98 Å². The lowest BCUT2D eigenvalue weighted by Gasteiger charge is -2.10. The monoisotopic (exact) mass is 371 g/mol. The van der Waals surface area contributed by atoms with Crippen LogP contribution < -0.4 is 4.74 Å². The largest absolute Gasteiger partial charge is 0.455 e. The molecule has 0 radical (unpaired) electrons. The van der Waals surface area contributed by atoms with E-state index in [0.717, 1.165) is 12.1 Å². The maximum Gasteiger partial charge on any atom is 0.416 e. The molecule has 114 valence electrons. The molecular weight excluding hydrogens is 363 g/mol. The summed E-state index contributed by atoms with van der Waals surface area (Å²) in [4.78, 5) is 4.20. The SMILES string of the molecule is Cc1nc2c(Oc3cccc(C(F)(F)F)c3)ccc(Br)c2o1. The number of alkyl halides is 3. The van der Waals surface area contributed by atoms with Gasteiger partial charge in [0.25, 0.3) is 0 Å². The van der Waals surface area contributed by atoms with Gasteiger partial charge in [0.15, 0.2) is 22.7 Å². The van der Waals surface area contributed by atoms with E-state index in [4.69, 9.17) is 9.15 Å². The summed E-state index contributed by atoms with van der Waals surface area (Å²) in [5.74, 6) is 0.851. The Morgan fingerprint density at radius 2 is 1.95 bits per heavy atom. The first-order chi connectivity index (χ1) is 10.3. The molecule has 0 amide bonds. The second-order valence-corrected chi connectivity index (χ2v) is 5.44. The molecule has 2 aromatic carbocycles. The van der Waals surface area contributed by atoms with Gasteiger partial charge in [0, 0.05) is 6.92 Å². The number of hydrogen-bond acceptors (Lipinski definition) is 3. The van der Waals surface area contributed by atoms with Crippen molar-refractivity contribution < 1.29 is 22.3 Å². The highest BCUT2D eigenvalue weighted by Crippen LogP contribution is 2.36. The van der Waals surface area contributed by atoms with E-state index in [1.54, 1.807) is 19.1 Å². The standard InChI is InChI=1S/C15H9BrF3NO2/c1-8-20-13-12(6-5-11(16)14(13)21-8)22-10-4-2-3-9(7-10)15(17,18)19/h2-7H,1H3. The zero-order valence-corrected chi connectivity index (χ0v) is 12.8. The topological polar surface area (TPSA) is 35.3 Å². The molecular formula is C15H9BrF3NO2. The van der Waals surface area contributed by atoms with E-state index < -0.39 is 11.7 Å². The van der Waals surface area contributed by atoms with Crippen LogP contribution in [0.3, 0.4) is 0 Å². The summed E-state index contributed by atoms with van der Waals surface area (Å²) in [6, 6.07) is 7.99. The Hall–Kier alpha value is -2.02. The number of halogens is 4. The highest BCUT2D eigenvalue weighted by Gasteiger charge is 2.30. The second-order valence-electron chi connectivity index (χ2n) is 4.58. The van der Waals surface area contributed by atoms with Crippen molar-refractivity contribution in [3.8, 4) is 11.5 Å². The first kappa shape index (κ1) is 14.9. The molecule has 0 aliphatic carbocycles. The van der Waals surface area contributed by atoms with Crippen LogP contribution in [0.15, 0.2) is 45.3 Å². The molecule has 3 aromatic rings. The van der Waals surface area contributed by atoms with Crippen LogP contribution >= 0.6 is 15.9 Å². The van der Waals surface area contributed by atoms with E-state index in [1.165, 1.54) is 12.1 Å². The van der Waals surface area contributed by atoms with Gasteiger partial charge in [-0.05, 0) is 46.3 Å². The maximum atomic E-state index is 12.7. The van der Waals surface area contributed by atoms with Crippen molar-refractivity contribution in [1.29, 1.82) is 0 Å². The van der Waals surface area contributed by atoms with E-state index in [2.05, 4.69) is 20.9 Å². The van der Waals surface area contributed by atoms with Crippen LogP contribution in [0, 0.1) is 6.92 Å². The quantitative estimate of drug-likeness (QED) is 0.578. The van der Waals surface area contributed by atoms with Crippen molar-refractivity contribution in [2.45, 2.75) is 13.1 Å². The minimum Gasteiger partial charge on any atom is -0.455 e. The number of nitrogens with zero attached hydrogens (tertiary/aromatic N) is 1.